The van der Waals surface area contributed by atoms with Crippen molar-refractivity contribution in [1.29, 1.82) is 0 Å². The van der Waals surface area contributed by atoms with E-state index in [1.807, 2.05) is 0 Å². The maximum absolute atomic E-state index is 3.46. The lowest BCUT2D eigenvalue weighted by Gasteiger charge is -2.25. The molecule has 1 aliphatic heterocycles. The summed E-state index contributed by atoms with van der Waals surface area (Å²) in [7, 11) is 0. The number of unbranched alkanes of at least 4 members (excludes halogenated alkanes) is 3. The topological polar surface area (TPSA) is 15.3 Å². The molecule has 0 aliphatic carbocycles. The number of rotatable bonds is 9. The summed E-state index contributed by atoms with van der Waals surface area (Å²) in [6.07, 6.45) is 6.83. The summed E-state index contributed by atoms with van der Waals surface area (Å²) < 4.78 is 0. The Labute approximate surface area is 106 Å². The molecule has 0 aromatic heterocycles. The van der Waals surface area contributed by atoms with Gasteiger partial charge < -0.3 is 10.2 Å². The molecule has 16 heavy (non-hydrogen) atoms. The molecular weight excluding hydrogens is 216 g/mol. The Kier molecular flexibility index (Phi) is 9.34. The second kappa shape index (κ2) is 10.4. The normalized spacial score (nSPS) is 17.8. The van der Waals surface area contributed by atoms with E-state index >= 15 is 0 Å². The Balaban J connectivity index is 1.77. The van der Waals surface area contributed by atoms with Crippen molar-refractivity contribution >= 4 is 11.8 Å². The van der Waals surface area contributed by atoms with Crippen molar-refractivity contribution in [3.8, 4) is 0 Å². The van der Waals surface area contributed by atoms with E-state index in [2.05, 4.69) is 28.9 Å². The quantitative estimate of drug-likeness (QED) is 0.628. The third-order valence-electron chi connectivity index (χ3n) is 3.11. The molecule has 0 amide bonds. The fraction of sp³-hybridized carbons (Fsp3) is 1.00. The highest BCUT2D eigenvalue weighted by Crippen LogP contribution is 2.10. The van der Waals surface area contributed by atoms with Gasteiger partial charge in [0.25, 0.3) is 0 Å². The van der Waals surface area contributed by atoms with Crippen molar-refractivity contribution in [2.24, 2.45) is 0 Å². The standard InChI is InChI=1S/C13H28N2S/c1-2-7-14-8-5-3-4-6-9-15-10-12-16-13-11-15/h14H,2-13H2,1H3. The van der Waals surface area contributed by atoms with Crippen molar-refractivity contribution in [3.63, 3.8) is 0 Å². The van der Waals surface area contributed by atoms with Gasteiger partial charge in [0.05, 0.1) is 0 Å². The fourth-order valence-corrected chi connectivity index (χ4v) is 3.04. The molecule has 0 bridgehead atoms. The van der Waals surface area contributed by atoms with Crippen molar-refractivity contribution in [2.45, 2.75) is 39.0 Å². The largest absolute Gasteiger partial charge is 0.317 e. The van der Waals surface area contributed by atoms with Crippen LogP contribution in [-0.2, 0) is 0 Å². The monoisotopic (exact) mass is 244 g/mol. The molecule has 3 heteroatoms. The smallest absolute Gasteiger partial charge is 0.00727 e. The summed E-state index contributed by atoms with van der Waals surface area (Å²) in [5.41, 5.74) is 0. The first-order valence-corrected chi connectivity index (χ1v) is 8.09. The summed E-state index contributed by atoms with van der Waals surface area (Å²) in [6.45, 7) is 8.61. The Hall–Kier alpha value is 0.270. The summed E-state index contributed by atoms with van der Waals surface area (Å²) in [6, 6.07) is 0. The molecule has 1 rings (SSSR count). The minimum absolute atomic E-state index is 1.19. The molecule has 1 N–H and O–H groups in total. The van der Waals surface area contributed by atoms with Gasteiger partial charge in [0.2, 0.25) is 0 Å². The van der Waals surface area contributed by atoms with E-state index < -0.39 is 0 Å². The second-order valence-corrected chi connectivity index (χ2v) is 5.84. The highest BCUT2D eigenvalue weighted by molar-refractivity contribution is 7.99. The van der Waals surface area contributed by atoms with Crippen LogP contribution in [0, 0.1) is 0 Å². The predicted molar refractivity (Wildman–Crippen MR) is 75.4 cm³/mol. The molecule has 0 aromatic carbocycles. The van der Waals surface area contributed by atoms with E-state index in [9.17, 15) is 0 Å². The summed E-state index contributed by atoms with van der Waals surface area (Å²) >= 11 is 2.10. The molecule has 1 aliphatic rings. The van der Waals surface area contributed by atoms with E-state index in [-0.39, 0.29) is 0 Å². The van der Waals surface area contributed by atoms with Gasteiger partial charge >= 0.3 is 0 Å². The van der Waals surface area contributed by atoms with Crippen LogP contribution in [0.5, 0.6) is 0 Å². The van der Waals surface area contributed by atoms with Crippen molar-refractivity contribution in [1.82, 2.24) is 10.2 Å². The summed E-state index contributed by atoms with van der Waals surface area (Å²) in [4.78, 5) is 2.63. The van der Waals surface area contributed by atoms with Crippen LogP contribution in [0.1, 0.15) is 39.0 Å². The van der Waals surface area contributed by atoms with Crippen LogP contribution < -0.4 is 5.32 Å². The van der Waals surface area contributed by atoms with Gasteiger partial charge in [0.15, 0.2) is 0 Å². The first-order chi connectivity index (χ1) is 7.93. The van der Waals surface area contributed by atoms with E-state index in [0.717, 1.165) is 0 Å². The third-order valence-corrected chi connectivity index (χ3v) is 4.05. The van der Waals surface area contributed by atoms with Crippen LogP contribution in [0.2, 0.25) is 0 Å². The van der Waals surface area contributed by atoms with E-state index in [0.29, 0.717) is 0 Å². The Morgan fingerprint density at radius 1 is 1.00 bits per heavy atom. The number of nitrogens with zero attached hydrogens (tertiary/aromatic N) is 1. The van der Waals surface area contributed by atoms with Crippen molar-refractivity contribution in [3.05, 3.63) is 0 Å². The molecule has 2 nitrogen and oxygen atoms in total. The zero-order valence-electron chi connectivity index (χ0n) is 10.8. The van der Waals surface area contributed by atoms with E-state index in [1.54, 1.807) is 0 Å². The minimum atomic E-state index is 1.19. The predicted octanol–water partition coefficient (Wildman–Crippen LogP) is 2.60. The van der Waals surface area contributed by atoms with Crippen LogP contribution in [0.15, 0.2) is 0 Å². The lowest BCUT2D eigenvalue weighted by Crippen LogP contribution is -2.33. The van der Waals surface area contributed by atoms with Gasteiger partial charge in [-0.1, -0.05) is 19.8 Å². The zero-order valence-corrected chi connectivity index (χ0v) is 11.7. The molecule has 0 radical (unpaired) electrons. The van der Waals surface area contributed by atoms with Gasteiger partial charge in [-0.15, -0.1) is 0 Å². The first kappa shape index (κ1) is 14.3. The maximum atomic E-state index is 3.46. The first-order valence-electron chi connectivity index (χ1n) is 6.94. The van der Waals surface area contributed by atoms with Gasteiger partial charge in [-0.25, -0.2) is 0 Å². The highest BCUT2D eigenvalue weighted by atomic mass is 32.2. The number of thioether (sulfide) groups is 1. The van der Waals surface area contributed by atoms with Crippen LogP contribution in [0.4, 0.5) is 0 Å². The molecule has 0 unspecified atom stereocenters. The van der Waals surface area contributed by atoms with E-state index in [1.165, 1.54) is 76.3 Å². The van der Waals surface area contributed by atoms with Gasteiger partial charge in [-0.2, -0.15) is 11.8 Å². The number of nitrogens with one attached hydrogen (secondary N) is 1. The zero-order chi connectivity index (χ0) is 11.5. The highest BCUT2D eigenvalue weighted by Gasteiger charge is 2.08. The Morgan fingerprint density at radius 2 is 1.75 bits per heavy atom. The maximum Gasteiger partial charge on any atom is 0.00727 e. The summed E-state index contributed by atoms with van der Waals surface area (Å²) in [5.74, 6) is 2.70. The molecule has 0 aromatic rings. The molecule has 1 heterocycles. The molecule has 1 fully saturated rings. The SMILES string of the molecule is CCCNCCCCCCN1CCSCC1. The Bertz CT molecular complexity index is 147. The number of hydrogen-bond acceptors (Lipinski definition) is 3. The van der Waals surface area contributed by atoms with Gasteiger partial charge in [-0.05, 0) is 38.9 Å². The lowest BCUT2D eigenvalue weighted by atomic mass is 10.2. The molecule has 0 atom stereocenters. The molecule has 0 saturated carbocycles. The summed E-state index contributed by atoms with van der Waals surface area (Å²) in [5, 5.41) is 3.46. The van der Waals surface area contributed by atoms with Crippen LogP contribution in [0.25, 0.3) is 0 Å². The lowest BCUT2D eigenvalue weighted by molar-refractivity contribution is 0.294. The third kappa shape index (κ3) is 7.53. The average Bonchev–Trinajstić information content (AvgIpc) is 2.34. The number of hydrogen-bond donors (Lipinski definition) is 1. The molecule has 96 valence electrons. The van der Waals surface area contributed by atoms with Crippen LogP contribution in [0.3, 0.4) is 0 Å². The van der Waals surface area contributed by atoms with Gasteiger partial charge in [0, 0.05) is 24.6 Å². The Morgan fingerprint density at radius 3 is 2.50 bits per heavy atom. The second-order valence-electron chi connectivity index (χ2n) is 4.62. The molecule has 1 saturated heterocycles. The van der Waals surface area contributed by atoms with Crippen molar-refractivity contribution in [2.75, 3.05) is 44.2 Å². The van der Waals surface area contributed by atoms with Gasteiger partial charge in [0.1, 0.15) is 0 Å². The van der Waals surface area contributed by atoms with Crippen molar-refractivity contribution < 1.29 is 0 Å². The van der Waals surface area contributed by atoms with Crippen LogP contribution in [-0.4, -0.2) is 49.1 Å². The average molecular weight is 244 g/mol. The molecule has 0 spiro atoms. The minimum Gasteiger partial charge on any atom is -0.317 e. The molecular formula is C13H28N2S. The fourth-order valence-electron chi connectivity index (χ4n) is 2.07. The van der Waals surface area contributed by atoms with Gasteiger partial charge in [-0.3, -0.25) is 0 Å². The van der Waals surface area contributed by atoms with Crippen LogP contribution >= 0.6 is 11.8 Å². The van der Waals surface area contributed by atoms with E-state index in [4.69, 9.17) is 0 Å².